The fourth-order valence-corrected chi connectivity index (χ4v) is 2.23. The topological polar surface area (TPSA) is 70.4 Å². The Bertz CT molecular complexity index is 719. The first-order valence-corrected chi connectivity index (χ1v) is 6.79. The van der Waals surface area contributed by atoms with Gasteiger partial charge in [-0.1, -0.05) is 12.1 Å². The van der Waals surface area contributed by atoms with Crippen molar-refractivity contribution in [3.8, 4) is 5.75 Å². The van der Waals surface area contributed by atoms with Crippen LogP contribution in [0.4, 0.5) is 0 Å². The van der Waals surface area contributed by atoms with Crippen molar-refractivity contribution in [3.05, 3.63) is 46.8 Å². The van der Waals surface area contributed by atoms with Crippen LogP contribution in [0.25, 0.3) is 0 Å². The molecular formula is C16H18N2O4. The summed E-state index contributed by atoms with van der Waals surface area (Å²) in [5, 5.41) is 4.16. The van der Waals surface area contributed by atoms with Crippen LogP contribution in [-0.2, 0) is 11.8 Å². The van der Waals surface area contributed by atoms with Gasteiger partial charge in [0.15, 0.2) is 6.61 Å². The molecule has 0 bridgehead atoms. The van der Waals surface area contributed by atoms with Crippen molar-refractivity contribution in [2.24, 2.45) is 7.05 Å². The zero-order valence-corrected chi connectivity index (χ0v) is 13.0. The summed E-state index contributed by atoms with van der Waals surface area (Å²) >= 11 is 0. The first-order chi connectivity index (χ1) is 10.5. The molecule has 0 saturated heterocycles. The van der Waals surface area contributed by atoms with Crippen molar-refractivity contribution in [1.82, 2.24) is 9.78 Å². The van der Waals surface area contributed by atoms with Crippen molar-refractivity contribution < 1.29 is 19.1 Å². The summed E-state index contributed by atoms with van der Waals surface area (Å²) in [4.78, 5) is 24.3. The number of esters is 1. The number of ether oxygens (including phenoxy) is 2. The molecule has 0 radical (unpaired) electrons. The monoisotopic (exact) mass is 302 g/mol. The van der Waals surface area contributed by atoms with Crippen LogP contribution in [0.1, 0.15) is 32.1 Å². The second-order valence-electron chi connectivity index (χ2n) is 4.87. The van der Waals surface area contributed by atoms with Crippen LogP contribution < -0.4 is 4.74 Å². The van der Waals surface area contributed by atoms with E-state index in [9.17, 15) is 9.59 Å². The van der Waals surface area contributed by atoms with Gasteiger partial charge in [-0.2, -0.15) is 5.10 Å². The fourth-order valence-electron chi connectivity index (χ4n) is 2.23. The minimum atomic E-state index is -0.550. The smallest absolute Gasteiger partial charge is 0.342 e. The highest BCUT2D eigenvalue weighted by Crippen LogP contribution is 2.18. The van der Waals surface area contributed by atoms with Crippen molar-refractivity contribution in [3.63, 3.8) is 0 Å². The maximum Gasteiger partial charge on any atom is 0.342 e. The van der Waals surface area contributed by atoms with Gasteiger partial charge in [0.25, 0.3) is 0 Å². The number of Topliss-reactive ketones (excluding diaryl/α,β-unsaturated/α-hetero) is 1. The number of hydrogen-bond acceptors (Lipinski definition) is 5. The number of carbonyl (C=O) groups excluding carboxylic acids is 2. The van der Waals surface area contributed by atoms with Crippen LogP contribution in [0.5, 0.6) is 5.75 Å². The van der Waals surface area contributed by atoms with Crippen LogP contribution >= 0.6 is 0 Å². The molecule has 1 aromatic heterocycles. The summed E-state index contributed by atoms with van der Waals surface area (Å²) in [5.41, 5.74) is 2.06. The number of aromatic nitrogens is 2. The lowest BCUT2D eigenvalue weighted by Crippen LogP contribution is -2.16. The van der Waals surface area contributed by atoms with Gasteiger partial charge in [-0.25, -0.2) is 4.79 Å². The number of ketones is 1. The number of carbonyl (C=O) groups is 2. The molecule has 6 heteroatoms. The first kappa shape index (κ1) is 15.8. The molecule has 0 spiro atoms. The number of nitrogens with zero attached hydrogens (tertiary/aromatic N) is 2. The van der Waals surface area contributed by atoms with E-state index in [1.807, 2.05) is 0 Å². The van der Waals surface area contributed by atoms with E-state index < -0.39 is 5.97 Å². The average molecular weight is 302 g/mol. The molecule has 0 aliphatic carbocycles. The molecule has 0 unspecified atom stereocenters. The molecule has 6 nitrogen and oxygen atoms in total. The van der Waals surface area contributed by atoms with Gasteiger partial charge in [-0.05, 0) is 26.0 Å². The second-order valence-corrected chi connectivity index (χ2v) is 4.87. The van der Waals surface area contributed by atoms with Crippen LogP contribution in [0, 0.1) is 13.8 Å². The molecule has 0 amide bonds. The van der Waals surface area contributed by atoms with Crippen molar-refractivity contribution in [1.29, 1.82) is 0 Å². The van der Waals surface area contributed by atoms with Crippen LogP contribution in [0.2, 0.25) is 0 Å². The quantitative estimate of drug-likeness (QED) is 0.625. The lowest BCUT2D eigenvalue weighted by Gasteiger charge is -2.08. The molecular weight excluding hydrogens is 284 g/mol. The normalized spacial score (nSPS) is 10.4. The van der Waals surface area contributed by atoms with E-state index in [4.69, 9.17) is 9.47 Å². The zero-order chi connectivity index (χ0) is 16.3. The standard InChI is InChI=1S/C16H18N2O4/c1-10-15(11(2)18(3)17-10)16(20)22-9-13(19)12-7-5-6-8-14(12)21-4/h5-8H,9H2,1-4H3. The molecule has 1 aromatic carbocycles. The average Bonchev–Trinajstić information content (AvgIpc) is 2.77. The Balaban J connectivity index is 2.09. The summed E-state index contributed by atoms with van der Waals surface area (Å²) in [5.74, 6) is -0.409. The van der Waals surface area contributed by atoms with Gasteiger partial charge < -0.3 is 9.47 Å². The number of aryl methyl sites for hydroxylation is 2. The largest absolute Gasteiger partial charge is 0.496 e. The van der Waals surface area contributed by atoms with Gasteiger partial charge in [0.1, 0.15) is 11.3 Å². The van der Waals surface area contributed by atoms with Crippen molar-refractivity contribution in [2.45, 2.75) is 13.8 Å². The second kappa shape index (κ2) is 6.43. The predicted molar refractivity (Wildman–Crippen MR) is 80.3 cm³/mol. The van der Waals surface area contributed by atoms with Gasteiger partial charge in [0, 0.05) is 12.7 Å². The molecule has 0 aliphatic rings. The number of hydrogen-bond donors (Lipinski definition) is 0. The Labute approximate surface area is 128 Å². The van der Waals surface area contributed by atoms with Crippen molar-refractivity contribution >= 4 is 11.8 Å². The van der Waals surface area contributed by atoms with E-state index in [-0.39, 0.29) is 12.4 Å². The molecule has 0 atom stereocenters. The minimum Gasteiger partial charge on any atom is -0.496 e. The zero-order valence-electron chi connectivity index (χ0n) is 13.0. The number of methoxy groups -OCH3 is 1. The highest BCUT2D eigenvalue weighted by Gasteiger charge is 2.20. The molecule has 116 valence electrons. The van der Waals surface area contributed by atoms with Gasteiger partial charge >= 0.3 is 5.97 Å². The van der Waals surface area contributed by atoms with E-state index in [0.717, 1.165) is 0 Å². The summed E-state index contributed by atoms with van der Waals surface area (Å²) in [6.07, 6.45) is 0. The predicted octanol–water partition coefficient (Wildman–Crippen LogP) is 2.09. The Morgan fingerprint density at radius 3 is 2.50 bits per heavy atom. The number of benzene rings is 1. The minimum absolute atomic E-state index is 0.315. The van der Waals surface area contributed by atoms with Gasteiger partial charge in [-0.3, -0.25) is 9.48 Å². The van der Waals surface area contributed by atoms with E-state index >= 15 is 0 Å². The highest BCUT2D eigenvalue weighted by molar-refractivity contribution is 6.01. The van der Waals surface area contributed by atoms with Crippen LogP contribution in [0.3, 0.4) is 0 Å². The molecule has 2 aromatic rings. The lowest BCUT2D eigenvalue weighted by atomic mass is 10.1. The van der Waals surface area contributed by atoms with E-state index in [1.54, 1.807) is 49.8 Å². The number of rotatable bonds is 5. The third-order valence-corrected chi connectivity index (χ3v) is 3.45. The SMILES string of the molecule is COc1ccccc1C(=O)COC(=O)c1c(C)nn(C)c1C. The van der Waals surface area contributed by atoms with Crippen LogP contribution in [-0.4, -0.2) is 35.2 Å². The summed E-state index contributed by atoms with van der Waals surface area (Å²) in [7, 11) is 3.24. The Morgan fingerprint density at radius 1 is 1.23 bits per heavy atom. The van der Waals surface area contributed by atoms with E-state index in [1.165, 1.54) is 7.11 Å². The summed E-state index contributed by atoms with van der Waals surface area (Å²) in [6, 6.07) is 6.82. The third kappa shape index (κ3) is 3.00. The van der Waals surface area contributed by atoms with Gasteiger partial charge in [0.05, 0.1) is 18.4 Å². The van der Waals surface area contributed by atoms with Crippen molar-refractivity contribution in [2.75, 3.05) is 13.7 Å². The maximum atomic E-state index is 12.2. The summed E-state index contributed by atoms with van der Waals surface area (Å²) in [6.45, 7) is 3.16. The lowest BCUT2D eigenvalue weighted by molar-refractivity contribution is 0.0472. The van der Waals surface area contributed by atoms with E-state index in [2.05, 4.69) is 5.10 Å². The van der Waals surface area contributed by atoms with E-state index in [0.29, 0.717) is 28.3 Å². The molecule has 0 aliphatic heterocycles. The maximum absolute atomic E-state index is 12.2. The number of para-hydroxylation sites is 1. The molecule has 0 saturated carbocycles. The first-order valence-electron chi connectivity index (χ1n) is 6.79. The molecule has 0 fully saturated rings. The molecule has 0 N–H and O–H groups in total. The molecule has 1 heterocycles. The molecule has 22 heavy (non-hydrogen) atoms. The third-order valence-electron chi connectivity index (χ3n) is 3.45. The van der Waals surface area contributed by atoms with Crippen LogP contribution in [0.15, 0.2) is 24.3 Å². The van der Waals surface area contributed by atoms with Gasteiger partial charge in [0.2, 0.25) is 5.78 Å². The Kier molecular flexibility index (Phi) is 4.60. The summed E-state index contributed by atoms with van der Waals surface area (Å²) < 4.78 is 11.9. The molecule has 2 rings (SSSR count). The Hall–Kier alpha value is -2.63. The highest BCUT2D eigenvalue weighted by atomic mass is 16.5. The Morgan fingerprint density at radius 2 is 1.91 bits per heavy atom. The van der Waals surface area contributed by atoms with Gasteiger partial charge in [-0.15, -0.1) is 0 Å². The fraction of sp³-hybridized carbons (Fsp3) is 0.312.